The SMILES string of the molecule is CCN(CC)CCCn1cc(C)nc1NC1CCCC1. The average Bonchev–Trinajstić information content (AvgIpc) is 3.06. The Balaban J connectivity index is 1.86. The maximum atomic E-state index is 4.65. The van der Waals surface area contributed by atoms with Gasteiger partial charge in [0.05, 0.1) is 5.69 Å². The third-order valence-corrected chi connectivity index (χ3v) is 4.35. The van der Waals surface area contributed by atoms with Crippen molar-refractivity contribution in [2.45, 2.75) is 65.5 Å². The van der Waals surface area contributed by atoms with Crippen LogP contribution in [0.4, 0.5) is 5.95 Å². The lowest BCUT2D eigenvalue weighted by Gasteiger charge is -2.19. The largest absolute Gasteiger partial charge is 0.353 e. The van der Waals surface area contributed by atoms with Gasteiger partial charge in [0, 0.05) is 18.8 Å². The van der Waals surface area contributed by atoms with Gasteiger partial charge in [-0.1, -0.05) is 26.7 Å². The lowest BCUT2D eigenvalue weighted by atomic mass is 10.2. The van der Waals surface area contributed by atoms with E-state index < -0.39 is 0 Å². The Morgan fingerprint density at radius 3 is 2.65 bits per heavy atom. The van der Waals surface area contributed by atoms with Crippen LogP contribution >= 0.6 is 0 Å². The normalized spacial score (nSPS) is 16.2. The highest BCUT2D eigenvalue weighted by Crippen LogP contribution is 2.22. The number of nitrogens with one attached hydrogen (secondary N) is 1. The summed E-state index contributed by atoms with van der Waals surface area (Å²) < 4.78 is 2.30. The van der Waals surface area contributed by atoms with Crippen molar-refractivity contribution in [3.63, 3.8) is 0 Å². The highest BCUT2D eigenvalue weighted by Gasteiger charge is 2.17. The van der Waals surface area contributed by atoms with Gasteiger partial charge >= 0.3 is 0 Å². The number of aromatic nitrogens is 2. The van der Waals surface area contributed by atoms with Crippen molar-refractivity contribution in [3.8, 4) is 0 Å². The first-order chi connectivity index (χ1) is 9.72. The standard InChI is InChI=1S/C16H30N4/c1-4-19(5-2)11-8-12-20-13-14(3)17-16(20)18-15-9-6-7-10-15/h13,15H,4-12H2,1-3H3,(H,17,18). The molecule has 0 amide bonds. The van der Waals surface area contributed by atoms with Gasteiger partial charge in [-0.25, -0.2) is 4.98 Å². The molecule has 0 aromatic carbocycles. The zero-order chi connectivity index (χ0) is 14.4. The van der Waals surface area contributed by atoms with Crippen molar-refractivity contribution in [1.82, 2.24) is 14.5 Å². The summed E-state index contributed by atoms with van der Waals surface area (Å²) in [5.74, 6) is 1.08. The van der Waals surface area contributed by atoms with Crippen LogP contribution in [-0.2, 0) is 6.54 Å². The monoisotopic (exact) mass is 278 g/mol. The van der Waals surface area contributed by atoms with Gasteiger partial charge < -0.3 is 14.8 Å². The van der Waals surface area contributed by atoms with Gasteiger partial charge in [0.1, 0.15) is 0 Å². The topological polar surface area (TPSA) is 33.1 Å². The summed E-state index contributed by atoms with van der Waals surface area (Å²) in [6.45, 7) is 11.1. The molecule has 0 saturated heterocycles. The summed E-state index contributed by atoms with van der Waals surface area (Å²) in [6, 6.07) is 0.637. The Bertz CT molecular complexity index is 389. The summed E-state index contributed by atoms with van der Waals surface area (Å²) in [5, 5.41) is 3.63. The molecule has 1 aromatic heterocycles. The van der Waals surface area contributed by atoms with Crippen molar-refractivity contribution in [1.29, 1.82) is 0 Å². The lowest BCUT2D eigenvalue weighted by Crippen LogP contribution is -2.25. The summed E-state index contributed by atoms with van der Waals surface area (Å²) in [7, 11) is 0. The van der Waals surface area contributed by atoms with Crippen LogP contribution in [0.2, 0.25) is 0 Å². The first-order valence-corrected chi connectivity index (χ1v) is 8.25. The highest BCUT2D eigenvalue weighted by molar-refractivity contribution is 5.30. The molecule has 2 rings (SSSR count). The molecule has 0 radical (unpaired) electrons. The van der Waals surface area contributed by atoms with Crippen molar-refractivity contribution in [3.05, 3.63) is 11.9 Å². The van der Waals surface area contributed by atoms with Gasteiger partial charge in [-0.15, -0.1) is 0 Å². The molecule has 0 unspecified atom stereocenters. The van der Waals surface area contributed by atoms with E-state index in [-0.39, 0.29) is 0 Å². The van der Waals surface area contributed by atoms with Crippen LogP contribution in [0.15, 0.2) is 6.20 Å². The summed E-state index contributed by atoms with van der Waals surface area (Å²) in [4.78, 5) is 7.13. The Kier molecular flexibility index (Phi) is 5.89. The van der Waals surface area contributed by atoms with Crippen LogP contribution in [0.3, 0.4) is 0 Å². The van der Waals surface area contributed by atoms with Crippen LogP contribution in [0.25, 0.3) is 0 Å². The third kappa shape index (κ3) is 4.23. The molecule has 1 aliphatic rings. The molecular weight excluding hydrogens is 248 g/mol. The van der Waals surface area contributed by atoms with E-state index in [9.17, 15) is 0 Å². The molecule has 1 aliphatic carbocycles. The maximum absolute atomic E-state index is 4.65. The number of nitrogens with zero attached hydrogens (tertiary/aromatic N) is 3. The number of rotatable bonds is 8. The van der Waals surface area contributed by atoms with Gasteiger partial charge in [0.25, 0.3) is 0 Å². The molecule has 1 N–H and O–H groups in total. The van der Waals surface area contributed by atoms with E-state index >= 15 is 0 Å². The molecule has 1 saturated carbocycles. The summed E-state index contributed by atoms with van der Waals surface area (Å²) in [6.07, 6.45) is 8.69. The second-order valence-electron chi connectivity index (χ2n) is 5.91. The van der Waals surface area contributed by atoms with E-state index in [1.54, 1.807) is 0 Å². The van der Waals surface area contributed by atoms with E-state index in [0.29, 0.717) is 6.04 Å². The van der Waals surface area contributed by atoms with Crippen molar-refractivity contribution < 1.29 is 0 Å². The number of aryl methyl sites for hydroxylation is 2. The molecule has 0 bridgehead atoms. The second-order valence-corrected chi connectivity index (χ2v) is 5.91. The van der Waals surface area contributed by atoms with E-state index in [1.165, 1.54) is 38.6 Å². The van der Waals surface area contributed by atoms with Crippen molar-refractivity contribution in [2.24, 2.45) is 0 Å². The van der Waals surface area contributed by atoms with Crippen molar-refractivity contribution in [2.75, 3.05) is 25.0 Å². The minimum Gasteiger partial charge on any atom is -0.353 e. The van der Waals surface area contributed by atoms with Crippen molar-refractivity contribution >= 4 is 5.95 Å². The minimum absolute atomic E-state index is 0.637. The maximum Gasteiger partial charge on any atom is 0.203 e. The zero-order valence-electron chi connectivity index (χ0n) is 13.4. The van der Waals surface area contributed by atoms with E-state index in [1.807, 2.05) is 0 Å². The fourth-order valence-corrected chi connectivity index (χ4v) is 3.09. The van der Waals surface area contributed by atoms with Crippen LogP contribution in [0.5, 0.6) is 0 Å². The van der Waals surface area contributed by atoms with E-state index in [0.717, 1.165) is 31.3 Å². The molecule has 0 atom stereocenters. The van der Waals surface area contributed by atoms with Gasteiger partial charge in [0.2, 0.25) is 5.95 Å². The Labute approximate surface area is 123 Å². The molecule has 20 heavy (non-hydrogen) atoms. The van der Waals surface area contributed by atoms with Crippen LogP contribution in [0.1, 0.15) is 51.6 Å². The molecule has 0 spiro atoms. The van der Waals surface area contributed by atoms with Gasteiger partial charge in [-0.05, 0) is 45.8 Å². The molecule has 114 valence electrons. The average molecular weight is 278 g/mol. The highest BCUT2D eigenvalue weighted by atomic mass is 15.2. The van der Waals surface area contributed by atoms with Gasteiger partial charge in [-0.2, -0.15) is 0 Å². The Morgan fingerprint density at radius 1 is 1.30 bits per heavy atom. The number of anilines is 1. The van der Waals surface area contributed by atoms with Gasteiger partial charge in [-0.3, -0.25) is 0 Å². The quantitative estimate of drug-likeness (QED) is 0.792. The predicted molar refractivity (Wildman–Crippen MR) is 85.2 cm³/mol. The third-order valence-electron chi connectivity index (χ3n) is 4.35. The van der Waals surface area contributed by atoms with E-state index in [4.69, 9.17) is 0 Å². The Morgan fingerprint density at radius 2 is 2.00 bits per heavy atom. The molecule has 1 aromatic rings. The predicted octanol–water partition coefficient (Wildman–Crippen LogP) is 3.28. The minimum atomic E-state index is 0.637. The first kappa shape index (κ1) is 15.4. The fourth-order valence-electron chi connectivity index (χ4n) is 3.09. The number of hydrogen-bond donors (Lipinski definition) is 1. The van der Waals surface area contributed by atoms with Crippen LogP contribution in [-0.4, -0.2) is 40.1 Å². The molecular formula is C16H30N4. The summed E-state index contributed by atoms with van der Waals surface area (Å²) in [5.41, 5.74) is 1.12. The van der Waals surface area contributed by atoms with E-state index in [2.05, 4.69) is 46.7 Å². The zero-order valence-corrected chi connectivity index (χ0v) is 13.4. The first-order valence-electron chi connectivity index (χ1n) is 8.25. The van der Waals surface area contributed by atoms with Crippen LogP contribution < -0.4 is 5.32 Å². The van der Waals surface area contributed by atoms with Crippen LogP contribution in [0, 0.1) is 6.92 Å². The molecule has 0 aliphatic heterocycles. The molecule has 4 heteroatoms. The molecule has 1 fully saturated rings. The number of imidazole rings is 1. The number of hydrogen-bond acceptors (Lipinski definition) is 3. The Hall–Kier alpha value is -1.03. The lowest BCUT2D eigenvalue weighted by molar-refractivity contribution is 0.293. The molecule has 4 nitrogen and oxygen atoms in total. The summed E-state index contributed by atoms with van der Waals surface area (Å²) >= 11 is 0. The fraction of sp³-hybridized carbons (Fsp3) is 0.812. The second kappa shape index (κ2) is 7.67. The molecule has 1 heterocycles. The smallest absolute Gasteiger partial charge is 0.203 e. The van der Waals surface area contributed by atoms with Gasteiger partial charge in [0.15, 0.2) is 0 Å².